The van der Waals surface area contributed by atoms with Gasteiger partial charge in [-0.25, -0.2) is 8.78 Å². The molecule has 1 unspecified atom stereocenters. The van der Waals surface area contributed by atoms with E-state index in [1.165, 1.54) is 12.1 Å². The fraction of sp³-hybridized carbons (Fsp3) is 0.556. The first-order chi connectivity index (χ1) is 10.7. The molecule has 0 bridgehead atoms. The summed E-state index contributed by atoms with van der Waals surface area (Å²) >= 11 is 0. The van der Waals surface area contributed by atoms with Crippen molar-refractivity contribution in [2.45, 2.75) is 64.1 Å². The van der Waals surface area contributed by atoms with Gasteiger partial charge in [0.1, 0.15) is 11.5 Å². The lowest BCUT2D eigenvalue weighted by Gasteiger charge is -2.32. The molecule has 1 heterocycles. The van der Waals surface area contributed by atoms with Crippen molar-refractivity contribution in [2.75, 3.05) is 0 Å². The Labute approximate surface area is 137 Å². The van der Waals surface area contributed by atoms with Crippen LogP contribution in [0.5, 0.6) is 0 Å². The largest absolute Gasteiger partial charge is 0.525 e. The van der Waals surface area contributed by atoms with Gasteiger partial charge < -0.3 is 9.31 Å². The van der Waals surface area contributed by atoms with Crippen molar-refractivity contribution >= 4 is 7.12 Å². The molecule has 0 aromatic heterocycles. The van der Waals surface area contributed by atoms with Crippen LogP contribution in [0.15, 0.2) is 35.6 Å². The van der Waals surface area contributed by atoms with Crippen LogP contribution in [-0.2, 0) is 9.31 Å². The molecule has 2 aliphatic rings. The Balaban J connectivity index is 1.89. The van der Waals surface area contributed by atoms with Crippen LogP contribution in [0.25, 0.3) is 0 Å². The number of halogens is 2. The first-order valence-electron chi connectivity index (χ1n) is 8.21. The van der Waals surface area contributed by atoms with Crippen molar-refractivity contribution in [3.8, 4) is 0 Å². The normalized spacial score (nSPS) is 28.3. The van der Waals surface area contributed by atoms with Gasteiger partial charge in [0.2, 0.25) is 0 Å². The second-order valence-corrected chi connectivity index (χ2v) is 7.46. The molecule has 0 amide bonds. The summed E-state index contributed by atoms with van der Waals surface area (Å²) in [6.07, 6.45) is 2.48. The molecule has 0 spiro atoms. The Morgan fingerprint density at radius 1 is 1.09 bits per heavy atom. The van der Waals surface area contributed by atoms with E-state index in [4.69, 9.17) is 9.31 Å². The molecule has 1 atom stereocenters. The lowest BCUT2D eigenvalue weighted by molar-refractivity contribution is 0.00578. The third-order valence-electron chi connectivity index (χ3n) is 5.40. The summed E-state index contributed by atoms with van der Waals surface area (Å²) in [5, 5.41) is 0. The first kappa shape index (κ1) is 16.7. The summed E-state index contributed by atoms with van der Waals surface area (Å²) in [4.78, 5) is 0. The lowest BCUT2D eigenvalue weighted by Crippen LogP contribution is -2.41. The van der Waals surface area contributed by atoms with Crippen LogP contribution in [-0.4, -0.2) is 18.3 Å². The number of rotatable bonds is 2. The van der Waals surface area contributed by atoms with Crippen molar-refractivity contribution in [1.82, 2.24) is 0 Å². The lowest BCUT2D eigenvalue weighted by atomic mass is 9.80. The summed E-state index contributed by atoms with van der Waals surface area (Å²) in [6.45, 7) is 7.65. The Hall–Kier alpha value is -1.20. The third-order valence-corrected chi connectivity index (χ3v) is 5.40. The van der Waals surface area contributed by atoms with Crippen LogP contribution in [0.2, 0.25) is 0 Å². The number of allylic oxidation sites excluding steroid dienone is 1. The van der Waals surface area contributed by atoms with E-state index >= 15 is 4.39 Å². The molecular weight excluding hydrogens is 297 g/mol. The maximum Gasteiger partial charge on any atom is 0.525 e. The van der Waals surface area contributed by atoms with E-state index in [0.29, 0.717) is 6.42 Å². The zero-order chi connectivity index (χ0) is 16.8. The molecule has 1 saturated carbocycles. The second kappa shape index (κ2) is 5.71. The highest BCUT2D eigenvalue weighted by Crippen LogP contribution is 2.45. The standard InChI is InChI=1S/C18H23BF2O2/c1-17(2)18(3,4)23-19(22-17)16(21)15-7-5-6-14(15)12-8-10-13(20)11-9-12/h8-11,14H,5-7H2,1-4H3. The molecule has 1 aromatic rings. The van der Waals surface area contributed by atoms with Crippen LogP contribution in [0.4, 0.5) is 8.78 Å². The maximum atomic E-state index is 15.1. The van der Waals surface area contributed by atoms with Crippen LogP contribution in [0.1, 0.15) is 58.4 Å². The quantitative estimate of drug-likeness (QED) is 0.718. The van der Waals surface area contributed by atoms with E-state index in [0.717, 1.165) is 24.0 Å². The minimum Gasteiger partial charge on any atom is -0.398 e. The molecule has 1 saturated heterocycles. The summed E-state index contributed by atoms with van der Waals surface area (Å²) in [5.74, 6) is -0.293. The van der Waals surface area contributed by atoms with Gasteiger partial charge in [-0.05, 0) is 70.2 Å². The summed E-state index contributed by atoms with van der Waals surface area (Å²) in [6, 6.07) is 6.33. The highest BCUT2D eigenvalue weighted by Gasteiger charge is 2.54. The summed E-state index contributed by atoms with van der Waals surface area (Å²) < 4.78 is 39.8. The molecule has 3 rings (SSSR count). The van der Waals surface area contributed by atoms with Gasteiger partial charge in [-0.15, -0.1) is 0 Å². The van der Waals surface area contributed by atoms with E-state index in [2.05, 4.69) is 0 Å². The molecular formula is C18H23BF2O2. The number of hydrogen-bond acceptors (Lipinski definition) is 2. The third kappa shape index (κ3) is 2.97. The van der Waals surface area contributed by atoms with Gasteiger partial charge in [-0.2, -0.15) is 0 Å². The Kier molecular flexibility index (Phi) is 4.13. The molecule has 2 nitrogen and oxygen atoms in total. The van der Waals surface area contributed by atoms with Crippen LogP contribution in [0.3, 0.4) is 0 Å². The molecule has 124 valence electrons. The van der Waals surface area contributed by atoms with E-state index < -0.39 is 18.3 Å². The zero-order valence-corrected chi connectivity index (χ0v) is 14.2. The fourth-order valence-electron chi connectivity index (χ4n) is 3.29. The van der Waals surface area contributed by atoms with Gasteiger partial charge in [0.25, 0.3) is 0 Å². The van der Waals surface area contributed by atoms with Crippen molar-refractivity contribution in [3.05, 3.63) is 46.9 Å². The molecule has 23 heavy (non-hydrogen) atoms. The SMILES string of the molecule is CC1(C)OB(C(F)=C2CCCC2c2ccc(F)cc2)OC1(C)C. The predicted molar refractivity (Wildman–Crippen MR) is 87.2 cm³/mol. The van der Waals surface area contributed by atoms with Gasteiger partial charge in [0.05, 0.1) is 11.2 Å². The Bertz CT molecular complexity index is 606. The molecule has 1 aliphatic carbocycles. The van der Waals surface area contributed by atoms with Gasteiger partial charge >= 0.3 is 7.12 Å². The molecule has 1 aliphatic heterocycles. The smallest absolute Gasteiger partial charge is 0.398 e. The average molecular weight is 320 g/mol. The van der Waals surface area contributed by atoms with Crippen molar-refractivity contribution in [1.29, 1.82) is 0 Å². The van der Waals surface area contributed by atoms with Crippen molar-refractivity contribution in [3.63, 3.8) is 0 Å². The Morgan fingerprint density at radius 3 is 2.22 bits per heavy atom. The zero-order valence-electron chi connectivity index (χ0n) is 14.2. The topological polar surface area (TPSA) is 18.5 Å². The molecule has 0 N–H and O–H groups in total. The fourth-order valence-corrected chi connectivity index (χ4v) is 3.29. The molecule has 2 fully saturated rings. The van der Waals surface area contributed by atoms with Gasteiger partial charge in [0, 0.05) is 5.92 Å². The highest BCUT2D eigenvalue weighted by molar-refractivity contribution is 6.53. The van der Waals surface area contributed by atoms with Crippen LogP contribution < -0.4 is 0 Å². The van der Waals surface area contributed by atoms with E-state index in [9.17, 15) is 4.39 Å². The monoisotopic (exact) mass is 320 g/mol. The van der Waals surface area contributed by atoms with Crippen molar-refractivity contribution < 1.29 is 18.1 Å². The second-order valence-electron chi connectivity index (χ2n) is 7.46. The average Bonchev–Trinajstić information content (AvgIpc) is 3.02. The predicted octanol–water partition coefficient (Wildman–Crippen LogP) is 4.95. The summed E-state index contributed by atoms with van der Waals surface area (Å²) in [5.41, 5.74) is 0.259. The number of benzene rings is 1. The number of hydrogen-bond donors (Lipinski definition) is 0. The Morgan fingerprint density at radius 2 is 1.65 bits per heavy atom. The van der Waals surface area contributed by atoms with Gasteiger partial charge in [-0.1, -0.05) is 12.1 Å². The highest BCUT2D eigenvalue weighted by atomic mass is 19.1. The molecule has 0 radical (unpaired) electrons. The van der Waals surface area contributed by atoms with Crippen LogP contribution >= 0.6 is 0 Å². The van der Waals surface area contributed by atoms with Crippen LogP contribution in [0, 0.1) is 5.82 Å². The summed E-state index contributed by atoms with van der Waals surface area (Å²) in [7, 11) is -0.948. The first-order valence-corrected chi connectivity index (χ1v) is 8.21. The molecule has 1 aromatic carbocycles. The van der Waals surface area contributed by atoms with E-state index in [1.54, 1.807) is 12.1 Å². The van der Waals surface area contributed by atoms with E-state index in [1.807, 2.05) is 27.7 Å². The minimum atomic E-state index is -0.948. The molecule has 5 heteroatoms. The maximum absolute atomic E-state index is 15.1. The van der Waals surface area contributed by atoms with E-state index in [-0.39, 0.29) is 17.5 Å². The van der Waals surface area contributed by atoms with Gasteiger partial charge in [-0.3, -0.25) is 0 Å². The minimum absolute atomic E-state index is 0.0189. The van der Waals surface area contributed by atoms with Gasteiger partial charge in [0.15, 0.2) is 0 Å². The van der Waals surface area contributed by atoms with Crippen molar-refractivity contribution in [2.24, 2.45) is 0 Å².